The number of thioether (sulfide) groups is 1. The molecule has 0 atom stereocenters. The van der Waals surface area contributed by atoms with E-state index in [0.29, 0.717) is 50.0 Å². The van der Waals surface area contributed by atoms with Crippen molar-refractivity contribution in [3.8, 4) is 0 Å². The van der Waals surface area contributed by atoms with Crippen LogP contribution in [0.5, 0.6) is 0 Å². The molecular formula is C28H30N4O3S2. The molecule has 5 rings (SSSR count). The Hall–Kier alpha value is -3.14. The highest BCUT2D eigenvalue weighted by molar-refractivity contribution is 8.14. The molecule has 0 aliphatic carbocycles. The van der Waals surface area contributed by atoms with Gasteiger partial charge in [0, 0.05) is 56.3 Å². The van der Waals surface area contributed by atoms with E-state index < -0.39 is 10.0 Å². The molecule has 0 spiro atoms. The van der Waals surface area contributed by atoms with Crippen LogP contribution < -0.4 is 4.90 Å². The molecule has 2 aliphatic rings. The van der Waals surface area contributed by atoms with E-state index in [9.17, 15) is 13.2 Å². The van der Waals surface area contributed by atoms with Crippen molar-refractivity contribution in [3.05, 3.63) is 96.1 Å². The highest BCUT2D eigenvalue weighted by Crippen LogP contribution is 2.24. The fraction of sp³-hybridized carbons (Fsp3) is 0.286. The van der Waals surface area contributed by atoms with Crippen molar-refractivity contribution < 1.29 is 13.2 Å². The molecule has 1 amide bonds. The summed E-state index contributed by atoms with van der Waals surface area (Å²) in [5, 5.41) is 0.700. The molecule has 0 unspecified atom stereocenters. The summed E-state index contributed by atoms with van der Waals surface area (Å²) in [6.07, 6.45) is 0.804. The van der Waals surface area contributed by atoms with E-state index in [4.69, 9.17) is 0 Å². The summed E-state index contributed by atoms with van der Waals surface area (Å²) in [6, 6.07) is 26.6. The monoisotopic (exact) mass is 534 g/mol. The summed E-state index contributed by atoms with van der Waals surface area (Å²) in [6.45, 7) is 3.20. The molecule has 37 heavy (non-hydrogen) atoms. The van der Waals surface area contributed by atoms with Gasteiger partial charge in [0.1, 0.15) is 0 Å². The summed E-state index contributed by atoms with van der Waals surface area (Å²) < 4.78 is 28.4. The average Bonchev–Trinajstić information content (AvgIpc) is 3.42. The summed E-state index contributed by atoms with van der Waals surface area (Å²) in [5.74, 6) is 0.564. The quantitative estimate of drug-likeness (QED) is 0.459. The van der Waals surface area contributed by atoms with Crippen LogP contribution in [0.1, 0.15) is 15.9 Å². The number of carbonyl (C=O) groups excluding carboxylic acids is 1. The third-order valence-electron chi connectivity index (χ3n) is 6.59. The van der Waals surface area contributed by atoms with E-state index >= 15 is 0 Å². The van der Waals surface area contributed by atoms with Crippen LogP contribution in [0, 0.1) is 0 Å². The number of amides is 1. The second-order valence-corrected chi connectivity index (χ2v) is 12.0. The number of para-hydroxylation sites is 1. The van der Waals surface area contributed by atoms with Gasteiger partial charge in [-0.2, -0.15) is 4.31 Å². The lowest BCUT2D eigenvalue weighted by Gasteiger charge is -2.35. The van der Waals surface area contributed by atoms with Gasteiger partial charge in [0.05, 0.1) is 4.90 Å². The van der Waals surface area contributed by atoms with E-state index in [1.165, 1.54) is 15.9 Å². The van der Waals surface area contributed by atoms with E-state index in [1.807, 2.05) is 48.5 Å². The highest BCUT2D eigenvalue weighted by Gasteiger charge is 2.31. The van der Waals surface area contributed by atoms with Gasteiger partial charge in [-0.3, -0.25) is 14.7 Å². The van der Waals surface area contributed by atoms with Gasteiger partial charge in [-0.05, 0) is 42.3 Å². The Morgan fingerprint density at radius 3 is 2.27 bits per heavy atom. The Labute approximate surface area is 222 Å². The van der Waals surface area contributed by atoms with Gasteiger partial charge in [0.15, 0.2) is 5.17 Å². The lowest BCUT2D eigenvalue weighted by Crippen LogP contribution is -2.48. The molecule has 2 heterocycles. The molecule has 7 nitrogen and oxygen atoms in total. The number of hydrogen-bond donors (Lipinski definition) is 0. The summed E-state index contributed by atoms with van der Waals surface area (Å²) in [4.78, 5) is 22.0. The smallest absolute Gasteiger partial charge is 0.259 e. The van der Waals surface area contributed by atoms with Gasteiger partial charge < -0.3 is 4.90 Å². The summed E-state index contributed by atoms with van der Waals surface area (Å²) >= 11 is 1.56. The maximum absolute atomic E-state index is 13.4. The number of aliphatic imine (C=N–C) groups is 1. The van der Waals surface area contributed by atoms with E-state index in [1.54, 1.807) is 34.9 Å². The molecule has 9 heteroatoms. The minimum atomic E-state index is -3.71. The van der Waals surface area contributed by atoms with Crippen molar-refractivity contribution >= 4 is 38.5 Å². The summed E-state index contributed by atoms with van der Waals surface area (Å²) in [7, 11) is -3.71. The Morgan fingerprint density at radius 2 is 1.54 bits per heavy atom. The number of rotatable bonds is 7. The molecule has 192 valence electrons. The first kappa shape index (κ1) is 25.5. The normalized spacial score (nSPS) is 17.9. The predicted molar refractivity (Wildman–Crippen MR) is 150 cm³/mol. The second kappa shape index (κ2) is 11.5. The number of carbonyl (C=O) groups is 1. The molecule has 2 fully saturated rings. The van der Waals surface area contributed by atoms with Crippen LogP contribution in [0.15, 0.2) is 94.8 Å². The van der Waals surface area contributed by atoms with Gasteiger partial charge >= 0.3 is 0 Å². The van der Waals surface area contributed by atoms with Crippen LogP contribution in [0.2, 0.25) is 0 Å². The third kappa shape index (κ3) is 5.89. The Bertz CT molecular complexity index is 1360. The molecular weight excluding hydrogens is 504 g/mol. The molecule has 0 saturated carbocycles. The van der Waals surface area contributed by atoms with Crippen molar-refractivity contribution in [3.63, 3.8) is 0 Å². The molecule has 0 N–H and O–H groups in total. The molecule has 2 saturated heterocycles. The third-order valence-corrected chi connectivity index (χ3v) is 9.48. The Morgan fingerprint density at radius 1 is 0.838 bits per heavy atom. The van der Waals surface area contributed by atoms with Gasteiger partial charge in [-0.15, -0.1) is 0 Å². The Balaban J connectivity index is 1.25. The molecule has 3 aromatic rings. The van der Waals surface area contributed by atoms with Crippen molar-refractivity contribution in [1.82, 2.24) is 9.21 Å². The number of amidine groups is 1. The molecule has 2 aliphatic heterocycles. The lowest BCUT2D eigenvalue weighted by atomic mass is 10.2. The van der Waals surface area contributed by atoms with Crippen LogP contribution in [0.25, 0.3) is 0 Å². The van der Waals surface area contributed by atoms with Gasteiger partial charge in [0.25, 0.3) is 5.91 Å². The van der Waals surface area contributed by atoms with Gasteiger partial charge in [0.2, 0.25) is 10.0 Å². The van der Waals surface area contributed by atoms with Crippen molar-refractivity contribution in [2.24, 2.45) is 4.99 Å². The molecule has 0 aromatic heterocycles. The van der Waals surface area contributed by atoms with Crippen LogP contribution in [-0.4, -0.2) is 73.7 Å². The number of anilines is 1. The molecule has 0 bridgehead atoms. The van der Waals surface area contributed by atoms with Gasteiger partial charge in [-0.1, -0.05) is 66.4 Å². The SMILES string of the molecule is O=C(c1cccc(S(=O)(=O)N2CCN(c3ccccc3)CC2)c1)N1CCSC1=NCCc1ccccc1. The zero-order chi connectivity index (χ0) is 25.7. The molecule has 0 radical (unpaired) electrons. The fourth-order valence-electron chi connectivity index (χ4n) is 4.57. The van der Waals surface area contributed by atoms with Crippen LogP contribution in [0.3, 0.4) is 0 Å². The van der Waals surface area contributed by atoms with E-state index in [0.717, 1.165) is 17.9 Å². The maximum atomic E-state index is 13.4. The topological polar surface area (TPSA) is 73.3 Å². The van der Waals surface area contributed by atoms with Crippen molar-refractivity contribution in [2.45, 2.75) is 11.3 Å². The largest absolute Gasteiger partial charge is 0.369 e. The van der Waals surface area contributed by atoms with Gasteiger partial charge in [-0.25, -0.2) is 8.42 Å². The average molecular weight is 535 g/mol. The van der Waals surface area contributed by atoms with E-state index in [2.05, 4.69) is 22.0 Å². The standard InChI is InChI=1S/C28H30N4O3S2/c33-27(32-20-21-36-28(32)29-15-14-23-8-3-1-4-9-23)24-10-7-13-26(22-24)37(34,35)31-18-16-30(17-19-31)25-11-5-2-6-12-25/h1-13,22H,14-21H2. The van der Waals surface area contributed by atoms with Crippen LogP contribution in [0.4, 0.5) is 5.69 Å². The van der Waals surface area contributed by atoms with Crippen LogP contribution in [-0.2, 0) is 16.4 Å². The van der Waals surface area contributed by atoms with Crippen molar-refractivity contribution in [2.75, 3.05) is 49.9 Å². The van der Waals surface area contributed by atoms with Crippen LogP contribution >= 0.6 is 11.8 Å². The second-order valence-electron chi connectivity index (χ2n) is 8.96. The first-order chi connectivity index (χ1) is 18.0. The number of hydrogen-bond acceptors (Lipinski definition) is 6. The van der Waals surface area contributed by atoms with E-state index in [-0.39, 0.29) is 10.8 Å². The minimum absolute atomic E-state index is 0.154. The number of benzene rings is 3. The highest BCUT2D eigenvalue weighted by atomic mass is 32.2. The summed E-state index contributed by atoms with van der Waals surface area (Å²) in [5.41, 5.74) is 2.66. The zero-order valence-electron chi connectivity index (χ0n) is 20.6. The Kier molecular flexibility index (Phi) is 7.93. The van der Waals surface area contributed by atoms with Crippen molar-refractivity contribution in [1.29, 1.82) is 0 Å². The number of nitrogens with zero attached hydrogens (tertiary/aromatic N) is 4. The number of sulfonamides is 1. The fourth-order valence-corrected chi connectivity index (χ4v) is 7.00. The predicted octanol–water partition coefficient (Wildman–Crippen LogP) is 3.99. The first-order valence-electron chi connectivity index (χ1n) is 12.5. The maximum Gasteiger partial charge on any atom is 0.259 e. The zero-order valence-corrected chi connectivity index (χ0v) is 22.2. The number of piperazine rings is 1. The minimum Gasteiger partial charge on any atom is -0.369 e. The lowest BCUT2D eigenvalue weighted by molar-refractivity contribution is 0.0859. The molecule has 3 aromatic carbocycles. The first-order valence-corrected chi connectivity index (χ1v) is 14.9.